The van der Waals surface area contributed by atoms with Crippen molar-refractivity contribution >= 4 is 22.6 Å². The van der Waals surface area contributed by atoms with Crippen molar-refractivity contribution in [3.8, 4) is 16.9 Å². The van der Waals surface area contributed by atoms with Crippen molar-refractivity contribution < 1.29 is 18.6 Å². The first-order valence-corrected chi connectivity index (χ1v) is 10.3. The summed E-state index contributed by atoms with van der Waals surface area (Å²) in [6.07, 6.45) is 1.01. The molecule has 0 saturated carbocycles. The second kappa shape index (κ2) is 7.72. The Hall–Kier alpha value is -3.23. The molecule has 2 N–H and O–H groups in total. The van der Waals surface area contributed by atoms with Crippen LogP contribution in [0.15, 0.2) is 53.5 Å². The number of pyridine rings is 1. The van der Waals surface area contributed by atoms with Gasteiger partial charge in [0.1, 0.15) is 17.7 Å². The lowest BCUT2D eigenvalue weighted by Crippen LogP contribution is -2.11. The third kappa shape index (κ3) is 3.45. The molecule has 0 aliphatic carbocycles. The Morgan fingerprint density at radius 3 is 2.78 bits per heavy atom. The number of aliphatic hydroxyl groups excluding tert-OH is 1. The Bertz CT molecular complexity index is 1400. The van der Waals surface area contributed by atoms with Gasteiger partial charge in [-0.2, -0.15) is 8.78 Å². The summed E-state index contributed by atoms with van der Waals surface area (Å²) >= 11 is 6.16. The summed E-state index contributed by atoms with van der Waals surface area (Å²) in [4.78, 5) is 19.0. The number of imidazole rings is 1. The fourth-order valence-electron chi connectivity index (χ4n) is 4.29. The van der Waals surface area contributed by atoms with E-state index in [2.05, 4.69) is 9.97 Å². The highest BCUT2D eigenvalue weighted by Crippen LogP contribution is 2.45. The number of hydrogen-bond acceptors (Lipinski definition) is 4. The Morgan fingerprint density at radius 2 is 2.03 bits per heavy atom. The summed E-state index contributed by atoms with van der Waals surface area (Å²) in [6, 6.07) is 11.4. The Morgan fingerprint density at radius 1 is 1.22 bits per heavy atom. The van der Waals surface area contributed by atoms with Crippen molar-refractivity contribution in [1.29, 1.82) is 0 Å². The van der Waals surface area contributed by atoms with Gasteiger partial charge in [-0.1, -0.05) is 17.7 Å². The Balaban J connectivity index is 1.68. The van der Waals surface area contributed by atoms with Gasteiger partial charge in [-0.3, -0.25) is 4.79 Å². The van der Waals surface area contributed by atoms with E-state index in [1.165, 1.54) is 12.1 Å². The third-order valence-electron chi connectivity index (χ3n) is 5.74. The number of benzene rings is 2. The quantitative estimate of drug-likeness (QED) is 0.453. The lowest BCUT2D eigenvalue weighted by Gasteiger charge is -2.19. The largest absolute Gasteiger partial charge is 0.434 e. The summed E-state index contributed by atoms with van der Waals surface area (Å²) in [5.74, 6) is 0.450. The molecule has 2 aromatic carbocycles. The van der Waals surface area contributed by atoms with Gasteiger partial charge in [0.15, 0.2) is 0 Å². The average molecular weight is 458 g/mol. The van der Waals surface area contributed by atoms with Crippen molar-refractivity contribution in [2.24, 2.45) is 0 Å². The molecule has 9 heteroatoms. The molecule has 0 radical (unpaired) electrons. The first kappa shape index (κ1) is 20.7. The molecule has 1 aliphatic heterocycles. The molecule has 2 atom stereocenters. The van der Waals surface area contributed by atoms with Crippen molar-refractivity contribution in [3.63, 3.8) is 0 Å². The van der Waals surface area contributed by atoms with Crippen LogP contribution in [0.4, 0.5) is 8.78 Å². The molecular weight excluding hydrogens is 440 g/mol. The number of fused-ring (bicyclic) bond motifs is 3. The van der Waals surface area contributed by atoms with Gasteiger partial charge in [-0.25, -0.2) is 4.98 Å². The number of nitrogens with one attached hydrogen (secondary N) is 1. The molecule has 32 heavy (non-hydrogen) atoms. The van der Waals surface area contributed by atoms with Crippen LogP contribution in [0.25, 0.3) is 22.2 Å². The van der Waals surface area contributed by atoms with Crippen LogP contribution in [-0.2, 0) is 0 Å². The predicted octanol–water partition coefficient (Wildman–Crippen LogP) is 4.98. The molecule has 0 fully saturated rings. The smallest absolute Gasteiger partial charge is 0.387 e. The second-order valence-electron chi connectivity index (χ2n) is 7.77. The van der Waals surface area contributed by atoms with E-state index in [9.17, 15) is 18.7 Å². The zero-order valence-electron chi connectivity index (χ0n) is 16.8. The van der Waals surface area contributed by atoms with E-state index >= 15 is 0 Å². The minimum absolute atomic E-state index is 0.00344. The number of halogens is 3. The zero-order chi connectivity index (χ0) is 22.6. The molecule has 6 nitrogen and oxygen atoms in total. The molecule has 0 amide bonds. The van der Waals surface area contributed by atoms with E-state index < -0.39 is 18.8 Å². The van der Waals surface area contributed by atoms with E-state index in [-0.39, 0.29) is 17.7 Å². The number of H-pyrrole nitrogens is 1. The van der Waals surface area contributed by atoms with E-state index in [0.29, 0.717) is 27.5 Å². The number of ether oxygens (including phenoxy) is 1. The number of aromatic nitrogens is 3. The molecule has 5 rings (SSSR count). The molecule has 0 spiro atoms. The molecular formula is C23H18ClF2N3O3. The molecule has 4 aromatic rings. The maximum atomic E-state index is 13.0. The highest BCUT2D eigenvalue weighted by molar-refractivity contribution is 6.30. The van der Waals surface area contributed by atoms with E-state index in [1.54, 1.807) is 25.3 Å². The highest BCUT2D eigenvalue weighted by Gasteiger charge is 2.36. The summed E-state index contributed by atoms with van der Waals surface area (Å²) in [6.45, 7) is -1.26. The van der Waals surface area contributed by atoms with E-state index in [1.807, 2.05) is 22.8 Å². The first-order chi connectivity index (χ1) is 15.3. The van der Waals surface area contributed by atoms with E-state index in [4.69, 9.17) is 16.3 Å². The SMILES string of the molecule is Cc1cc(-c2ccc3nc4n(c3c2)[C@@H](c2cc(Cl)ccc2OC(F)F)C[C@H]4O)c[nH]c1=O. The number of aliphatic hydroxyl groups is 1. The highest BCUT2D eigenvalue weighted by atomic mass is 35.5. The maximum Gasteiger partial charge on any atom is 0.387 e. The van der Waals surface area contributed by atoms with Gasteiger partial charge < -0.3 is 19.4 Å². The van der Waals surface area contributed by atoms with E-state index in [0.717, 1.165) is 16.6 Å². The van der Waals surface area contributed by atoms with Crippen LogP contribution >= 0.6 is 11.6 Å². The summed E-state index contributed by atoms with van der Waals surface area (Å²) in [5, 5.41) is 11.0. The standard InChI is InChI=1S/C23H18ClF2N3O3/c1-11-6-13(10-27-22(11)31)12-2-4-16-18(7-12)29-17(9-19(30)21(29)28-16)15-8-14(24)3-5-20(15)32-23(25)26/h2-8,10,17,19,23,30H,9H2,1H3,(H,27,31)/t17-,19-/m1/s1. The predicted molar refractivity (Wildman–Crippen MR) is 116 cm³/mol. The van der Waals surface area contributed by atoms with Crippen molar-refractivity contribution in [1.82, 2.24) is 14.5 Å². The van der Waals surface area contributed by atoms with Crippen LogP contribution in [0.5, 0.6) is 5.75 Å². The number of alkyl halides is 2. The van der Waals surface area contributed by atoms with Crippen LogP contribution < -0.4 is 10.3 Å². The first-order valence-electron chi connectivity index (χ1n) is 9.95. The number of hydrogen-bond donors (Lipinski definition) is 2. The van der Waals surface area contributed by atoms with Gasteiger partial charge >= 0.3 is 6.61 Å². The van der Waals surface area contributed by atoms with Crippen molar-refractivity contribution in [2.45, 2.75) is 32.1 Å². The fourth-order valence-corrected chi connectivity index (χ4v) is 4.47. The van der Waals surface area contributed by atoms with Gasteiger partial charge in [0, 0.05) is 28.8 Å². The second-order valence-corrected chi connectivity index (χ2v) is 8.21. The fraction of sp³-hybridized carbons (Fsp3) is 0.217. The minimum Gasteiger partial charge on any atom is -0.434 e. The Labute approximate surface area is 186 Å². The third-order valence-corrected chi connectivity index (χ3v) is 5.98. The number of nitrogens with zero attached hydrogens (tertiary/aromatic N) is 2. The normalized spacial score (nSPS) is 17.8. The molecule has 0 saturated heterocycles. The van der Waals surface area contributed by atoms with Crippen molar-refractivity contribution in [2.75, 3.05) is 0 Å². The molecule has 0 unspecified atom stereocenters. The van der Waals surface area contributed by atoms with Crippen LogP contribution in [-0.4, -0.2) is 26.3 Å². The van der Waals surface area contributed by atoms with Crippen LogP contribution in [0.1, 0.15) is 35.5 Å². The molecule has 164 valence electrons. The molecule has 1 aliphatic rings. The monoisotopic (exact) mass is 457 g/mol. The maximum absolute atomic E-state index is 13.0. The van der Waals surface area contributed by atoms with Gasteiger partial charge in [-0.05, 0) is 54.4 Å². The minimum atomic E-state index is -2.99. The summed E-state index contributed by atoms with van der Waals surface area (Å²) in [7, 11) is 0. The number of aryl methyl sites for hydroxylation is 1. The van der Waals surface area contributed by atoms with Crippen molar-refractivity contribution in [3.05, 3.63) is 81.0 Å². The van der Waals surface area contributed by atoms with Gasteiger partial charge in [0.2, 0.25) is 0 Å². The summed E-state index contributed by atoms with van der Waals surface area (Å²) < 4.78 is 32.6. The van der Waals surface area contributed by atoms with Gasteiger partial charge in [0.25, 0.3) is 5.56 Å². The zero-order valence-corrected chi connectivity index (χ0v) is 17.6. The number of aromatic amines is 1. The lowest BCUT2D eigenvalue weighted by molar-refractivity contribution is -0.0507. The topological polar surface area (TPSA) is 80.1 Å². The lowest BCUT2D eigenvalue weighted by atomic mass is 10.0. The summed E-state index contributed by atoms with van der Waals surface area (Å²) in [5.41, 5.74) is 3.92. The van der Waals surface area contributed by atoms with Gasteiger partial charge in [0.05, 0.1) is 17.1 Å². The molecule has 0 bridgehead atoms. The molecule has 2 aromatic heterocycles. The Kier molecular flexibility index (Phi) is 4.98. The van der Waals surface area contributed by atoms with Crippen LogP contribution in [0.2, 0.25) is 5.02 Å². The average Bonchev–Trinajstić information content (AvgIpc) is 3.28. The van der Waals surface area contributed by atoms with Crippen LogP contribution in [0, 0.1) is 6.92 Å². The number of rotatable bonds is 4. The molecule has 3 heterocycles. The van der Waals surface area contributed by atoms with Crippen LogP contribution in [0.3, 0.4) is 0 Å². The van der Waals surface area contributed by atoms with Gasteiger partial charge in [-0.15, -0.1) is 0 Å².